The van der Waals surface area contributed by atoms with E-state index in [1.165, 1.54) is 10.6 Å². The number of rotatable bonds is 4. The highest BCUT2D eigenvalue weighted by molar-refractivity contribution is 7.88. The number of nitrogens with zero attached hydrogens (tertiary/aromatic N) is 1. The number of sulfonamides is 1. The molecule has 0 aliphatic carbocycles. The van der Waals surface area contributed by atoms with E-state index in [1.54, 1.807) is 12.3 Å². The Labute approximate surface area is 129 Å². The topological polar surface area (TPSA) is 82.3 Å². The minimum atomic E-state index is -3.21. The van der Waals surface area contributed by atoms with E-state index < -0.39 is 10.0 Å². The molecule has 3 rings (SSSR count). The van der Waals surface area contributed by atoms with Crippen LogP contribution in [0.15, 0.2) is 30.5 Å². The monoisotopic (exact) mass is 321 g/mol. The molecule has 0 saturated carbocycles. The van der Waals surface area contributed by atoms with Crippen molar-refractivity contribution in [1.29, 1.82) is 0 Å². The molecule has 1 atom stereocenters. The number of amides is 1. The fourth-order valence-corrected chi connectivity index (χ4v) is 4.21. The number of fused-ring (bicyclic) bond motifs is 1. The first kappa shape index (κ1) is 15.1. The van der Waals surface area contributed by atoms with Crippen LogP contribution in [0.4, 0.5) is 0 Å². The van der Waals surface area contributed by atoms with Crippen molar-refractivity contribution >= 4 is 26.8 Å². The molecule has 1 amide bonds. The average Bonchev–Trinajstić information content (AvgIpc) is 3.12. The van der Waals surface area contributed by atoms with Crippen LogP contribution in [-0.4, -0.2) is 49.0 Å². The minimum Gasteiger partial charge on any atom is -0.361 e. The SMILES string of the molecule is CS(=O)(=O)N1CCC[C@@H]1CNC(=O)c1cccc2cc[nH]c12. The van der Waals surface area contributed by atoms with E-state index in [0.29, 0.717) is 18.7 Å². The molecular formula is C15H19N3O3S. The highest BCUT2D eigenvalue weighted by Crippen LogP contribution is 2.20. The van der Waals surface area contributed by atoms with Crippen molar-refractivity contribution in [3.05, 3.63) is 36.0 Å². The number of aromatic nitrogens is 1. The Morgan fingerprint density at radius 1 is 1.41 bits per heavy atom. The fraction of sp³-hybridized carbons (Fsp3) is 0.400. The first-order chi connectivity index (χ1) is 10.5. The highest BCUT2D eigenvalue weighted by Gasteiger charge is 2.31. The molecule has 2 aromatic rings. The predicted octanol–water partition coefficient (Wildman–Crippen LogP) is 1.32. The Kier molecular flexibility index (Phi) is 3.92. The molecule has 118 valence electrons. The molecule has 1 aliphatic rings. The van der Waals surface area contributed by atoms with Crippen molar-refractivity contribution in [2.75, 3.05) is 19.3 Å². The smallest absolute Gasteiger partial charge is 0.253 e. The summed E-state index contributed by atoms with van der Waals surface area (Å²) < 4.78 is 24.9. The van der Waals surface area contributed by atoms with Crippen molar-refractivity contribution in [2.45, 2.75) is 18.9 Å². The van der Waals surface area contributed by atoms with Gasteiger partial charge in [-0.3, -0.25) is 4.79 Å². The average molecular weight is 321 g/mol. The van der Waals surface area contributed by atoms with Crippen LogP contribution in [0.1, 0.15) is 23.2 Å². The number of carbonyl (C=O) groups excluding carboxylic acids is 1. The van der Waals surface area contributed by atoms with E-state index in [-0.39, 0.29) is 11.9 Å². The normalized spacial score (nSPS) is 19.6. The van der Waals surface area contributed by atoms with Crippen molar-refractivity contribution in [3.63, 3.8) is 0 Å². The van der Waals surface area contributed by atoms with Crippen molar-refractivity contribution < 1.29 is 13.2 Å². The summed E-state index contributed by atoms with van der Waals surface area (Å²) in [5, 5.41) is 3.84. The van der Waals surface area contributed by atoms with E-state index in [9.17, 15) is 13.2 Å². The first-order valence-corrected chi connectivity index (χ1v) is 9.13. The van der Waals surface area contributed by atoms with E-state index >= 15 is 0 Å². The molecule has 7 heteroatoms. The Morgan fingerprint density at radius 2 is 2.23 bits per heavy atom. The standard InChI is InChI=1S/C15H19N3O3S/c1-22(20,21)18-9-3-5-12(18)10-17-15(19)13-6-2-4-11-7-8-16-14(11)13/h2,4,6-8,12,16H,3,5,9-10H2,1H3,(H,17,19)/t12-/m1/s1. The summed E-state index contributed by atoms with van der Waals surface area (Å²) >= 11 is 0. The lowest BCUT2D eigenvalue weighted by molar-refractivity contribution is 0.0948. The molecule has 1 aromatic carbocycles. The number of H-pyrrole nitrogens is 1. The van der Waals surface area contributed by atoms with Gasteiger partial charge in [0.2, 0.25) is 10.0 Å². The van der Waals surface area contributed by atoms with Gasteiger partial charge in [0.25, 0.3) is 5.91 Å². The number of carbonyl (C=O) groups is 1. The van der Waals surface area contributed by atoms with Gasteiger partial charge in [0.05, 0.1) is 17.3 Å². The molecule has 1 aromatic heterocycles. The summed E-state index contributed by atoms with van der Waals surface area (Å²) in [6, 6.07) is 7.29. The summed E-state index contributed by atoms with van der Waals surface area (Å²) in [7, 11) is -3.21. The maximum Gasteiger partial charge on any atom is 0.253 e. The van der Waals surface area contributed by atoms with Gasteiger partial charge in [0.1, 0.15) is 0 Å². The highest BCUT2D eigenvalue weighted by atomic mass is 32.2. The van der Waals surface area contributed by atoms with Crippen LogP contribution in [0.3, 0.4) is 0 Å². The largest absolute Gasteiger partial charge is 0.361 e. The van der Waals surface area contributed by atoms with Crippen LogP contribution < -0.4 is 5.32 Å². The lowest BCUT2D eigenvalue weighted by atomic mass is 10.1. The fourth-order valence-electron chi connectivity index (χ4n) is 3.03. The molecule has 2 heterocycles. The summed E-state index contributed by atoms with van der Waals surface area (Å²) in [4.78, 5) is 15.4. The number of aromatic amines is 1. The van der Waals surface area contributed by atoms with Crippen LogP contribution in [0.5, 0.6) is 0 Å². The Morgan fingerprint density at radius 3 is 3.00 bits per heavy atom. The second kappa shape index (κ2) is 5.73. The van der Waals surface area contributed by atoms with Gasteiger partial charge in [-0.1, -0.05) is 12.1 Å². The zero-order valence-electron chi connectivity index (χ0n) is 12.4. The minimum absolute atomic E-state index is 0.151. The van der Waals surface area contributed by atoms with Crippen molar-refractivity contribution in [3.8, 4) is 0 Å². The van der Waals surface area contributed by atoms with Crippen molar-refractivity contribution in [2.24, 2.45) is 0 Å². The second-order valence-corrected chi connectivity index (χ2v) is 7.56. The Bertz CT molecular complexity index is 797. The molecule has 2 N–H and O–H groups in total. The Balaban J connectivity index is 1.71. The van der Waals surface area contributed by atoms with Crippen LogP contribution in [0, 0.1) is 0 Å². The lowest BCUT2D eigenvalue weighted by Gasteiger charge is -2.22. The van der Waals surface area contributed by atoms with Gasteiger partial charge in [-0.15, -0.1) is 0 Å². The van der Waals surface area contributed by atoms with Crippen molar-refractivity contribution in [1.82, 2.24) is 14.6 Å². The maximum absolute atomic E-state index is 12.4. The third-order valence-electron chi connectivity index (χ3n) is 4.08. The van der Waals surface area contributed by atoms with Crippen LogP contribution >= 0.6 is 0 Å². The van der Waals surface area contributed by atoms with Gasteiger partial charge in [0, 0.05) is 30.7 Å². The summed E-state index contributed by atoms with van der Waals surface area (Å²) in [5.41, 5.74) is 1.37. The quantitative estimate of drug-likeness (QED) is 0.891. The number of hydrogen-bond donors (Lipinski definition) is 2. The molecule has 1 fully saturated rings. The van der Waals surface area contributed by atoms with Gasteiger partial charge in [0.15, 0.2) is 0 Å². The zero-order valence-corrected chi connectivity index (χ0v) is 13.2. The van der Waals surface area contributed by atoms with E-state index in [4.69, 9.17) is 0 Å². The van der Waals surface area contributed by atoms with Crippen LogP contribution in [0.25, 0.3) is 10.9 Å². The number of hydrogen-bond acceptors (Lipinski definition) is 3. The van der Waals surface area contributed by atoms with Crippen LogP contribution in [-0.2, 0) is 10.0 Å². The third kappa shape index (κ3) is 2.86. The van der Waals surface area contributed by atoms with Crippen LogP contribution in [0.2, 0.25) is 0 Å². The molecule has 1 saturated heterocycles. The van der Waals surface area contributed by atoms with E-state index in [1.807, 2.05) is 18.2 Å². The number of para-hydroxylation sites is 1. The van der Waals surface area contributed by atoms with Gasteiger partial charge in [-0.2, -0.15) is 4.31 Å². The van der Waals surface area contributed by atoms with Gasteiger partial charge in [-0.05, 0) is 25.0 Å². The molecule has 0 unspecified atom stereocenters. The first-order valence-electron chi connectivity index (χ1n) is 7.28. The lowest BCUT2D eigenvalue weighted by Crippen LogP contribution is -2.42. The molecule has 6 nitrogen and oxygen atoms in total. The molecule has 22 heavy (non-hydrogen) atoms. The zero-order chi connectivity index (χ0) is 15.7. The van der Waals surface area contributed by atoms with E-state index in [0.717, 1.165) is 23.7 Å². The number of benzene rings is 1. The molecule has 0 bridgehead atoms. The van der Waals surface area contributed by atoms with Gasteiger partial charge in [-0.25, -0.2) is 8.42 Å². The molecule has 0 spiro atoms. The summed E-state index contributed by atoms with van der Waals surface area (Å²) in [6.45, 7) is 0.870. The molecule has 1 aliphatic heterocycles. The van der Waals surface area contributed by atoms with Gasteiger partial charge < -0.3 is 10.3 Å². The third-order valence-corrected chi connectivity index (χ3v) is 5.41. The Hall–Kier alpha value is -1.86. The maximum atomic E-state index is 12.4. The number of nitrogens with one attached hydrogen (secondary N) is 2. The second-order valence-electron chi connectivity index (χ2n) is 5.63. The molecule has 0 radical (unpaired) electrons. The summed E-state index contributed by atoms with van der Waals surface area (Å²) in [5.74, 6) is -0.187. The van der Waals surface area contributed by atoms with E-state index in [2.05, 4.69) is 10.3 Å². The predicted molar refractivity (Wildman–Crippen MR) is 85.2 cm³/mol. The summed E-state index contributed by atoms with van der Waals surface area (Å²) in [6.07, 6.45) is 4.62. The van der Waals surface area contributed by atoms with Gasteiger partial charge >= 0.3 is 0 Å². The molecular weight excluding hydrogens is 302 g/mol.